The van der Waals surface area contributed by atoms with Crippen molar-refractivity contribution in [2.45, 2.75) is 13.0 Å². The standard InChI is InChI=1S/C22H18BrFN4O2/c1-12-5-6-19(25-9-12)28-14(10-29)11-30-21-15(3-2-4-18(21)28)22-26-17-8-13(23)7-16(24)20(17)27-22/h2-9,14,29H,10-11H2,1H3,(H,26,27)/t14-/m0/s1. The molecule has 152 valence electrons. The lowest BCUT2D eigenvalue weighted by Crippen LogP contribution is -2.43. The number of imidazole rings is 1. The number of nitrogens with one attached hydrogen (secondary N) is 1. The molecule has 2 N–H and O–H groups in total. The maximum absolute atomic E-state index is 14.3. The Morgan fingerprint density at radius 3 is 2.93 bits per heavy atom. The Balaban J connectivity index is 1.66. The molecule has 4 aromatic rings. The van der Waals surface area contributed by atoms with Gasteiger partial charge in [0, 0.05) is 10.7 Å². The zero-order valence-electron chi connectivity index (χ0n) is 16.1. The van der Waals surface area contributed by atoms with Gasteiger partial charge in [0.2, 0.25) is 0 Å². The maximum Gasteiger partial charge on any atom is 0.154 e. The Morgan fingerprint density at radius 1 is 1.30 bits per heavy atom. The highest BCUT2D eigenvalue weighted by atomic mass is 79.9. The number of aromatic amines is 1. The third-order valence-corrected chi connectivity index (χ3v) is 5.61. The molecular weight excluding hydrogens is 451 g/mol. The number of aryl methyl sites for hydroxylation is 1. The first kappa shape index (κ1) is 19.0. The average Bonchev–Trinajstić information content (AvgIpc) is 3.17. The molecule has 2 aromatic heterocycles. The van der Waals surface area contributed by atoms with Crippen LogP contribution in [0.1, 0.15) is 5.56 Å². The smallest absolute Gasteiger partial charge is 0.154 e. The second kappa shape index (κ2) is 7.37. The zero-order chi connectivity index (χ0) is 20.8. The lowest BCUT2D eigenvalue weighted by atomic mass is 10.1. The fraction of sp³-hybridized carbons (Fsp3) is 0.182. The number of nitrogens with zero attached hydrogens (tertiary/aromatic N) is 3. The van der Waals surface area contributed by atoms with Gasteiger partial charge in [-0.25, -0.2) is 14.4 Å². The molecule has 1 aliphatic rings. The summed E-state index contributed by atoms with van der Waals surface area (Å²) in [6, 6.07) is 12.5. The van der Waals surface area contributed by atoms with Crippen LogP contribution in [0.15, 0.2) is 53.1 Å². The number of aliphatic hydroxyl groups is 1. The molecule has 0 unspecified atom stereocenters. The predicted octanol–water partition coefficient (Wildman–Crippen LogP) is 4.73. The Bertz CT molecular complexity index is 1240. The molecule has 0 radical (unpaired) electrons. The Labute approximate surface area is 180 Å². The molecule has 0 aliphatic carbocycles. The van der Waals surface area contributed by atoms with Crippen molar-refractivity contribution in [3.8, 4) is 17.1 Å². The van der Waals surface area contributed by atoms with E-state index in [1.54, 1.807) is 12.3 Å². The summed E-state index contributed by atoms with van der Waals surface area (Å²) in [5, 5.41) is 9.93. The second-order valence-corrected chi connectivity index (χ2v) is 8.15. The van der Waals surface area contributed by atoms with Crippen molar-refractivity contribution in [1.82, 2.24) is 15.0 Å². The molecule has 0 saturated carbocycles. The third-order valence-electron chi connectivity index (χ3n) is 5.15. The number of anilines is 2. The molecule has 0 bridgehead atoms. The van der Waals surface area contributed by atoms with E-state index in [9.17, 15) is 9.50 Å². The Kier molecular flexibility index (Phi) is 4.67. The van der Waals surface area contributed by atoms with Gasteiger partial charge < -0.3 is 19.7 Å². The van der Waals surface area contributed by atoms with E-state index in [0.717, 1.165) is 17.1 Å². The van der Waals surface area contributed by atoms with Crippen molar-refractivity contribution in [2.24, 2.45) is 0 Å². The first-order valence-electron chi connectivity index (χ1n) is 9.49. The van der Waals surface area contributed by atoms with Crippen molar-refractivity contribution in [3.05, 3.63) is 64.5 Å². The molecule has 0 fully saturated rings. The van der Waals surface area contributed by atoms with Crippen LogP contribution in [0.2, 0.25) is 0 Å². The quantitative estimate of drug-likeness (QED) is 0.454. The first-order valence-corrected chi connectivity index (χ1v) is 10.3. The van der Waals surface area contributed by atoms with Gasteiger partial charge in [0.25, 0.3) is 0 Å². The summed E-state index contributed by atoms with van der Waals surface area (Å²) in [5.74, 6) is 1.44. The highest BCUT2D eigenvalue weighted by Gasteiger charge is 2.31. The topological polar surface area (TPSA) is 74.3 Å². The van der Waals surface area contributed by atoms with Gasteiger partial charge in [-0.05, 0) is 42.8 Å². The summed E-state index contributed by atoms with van der Waals surface area (Å²) in [6.45, 7) is 2.18. The van der Waals surface area contributed by atoms with E-state index in [1.165, 1.54) is 6.07 Å². The maximum atomic E-state index is 14.3. The van der Waals surface area contributed by atoms with Crippen LogP contribution in [-0.4, -0.2) is 39.3 Å². The molecule has 30 heavy (non-hydrogen) atoms. The van der Waals surface area contributed by atoms with Crippen molar-refractivity contribution < 1.29 is 14.2 Å². The monoisotopic (exact) mass is 468 g/mol. The van der Waals surface area contributed by atoms with E-state index in [0.29, 0.717) is 27.1 Å². The largest absolute Gasteiger partial charge is 0.488 e. The molecule has 1 aliphatic heterocycles. The third kappa shape index (κ3) is 3.12. The summed E-state index contributed by atoms with van der Waals surface area (Å²) in [7, 11) is 0. The Morgan fingerprint density at radius 2 is 2.17 bits per heavy atom. The molecule has 6 nitrogen and oxygen atoms in total. The molecule has 0 amide bonds. The van der Waals surface area contributed by atoms with E-state index < -0.39 is 5.82 Å². The minimum atomic E-state index is -0.404. The number of benzene rings is 2. The Hall–Kier alpha value is -2.97. The van der Waals surface area contributed by atoms with Crippen LogP contribution >= 0.6 is 15.9 Å². The van der Waals surface area contributed by atoms with Crippen molar-refractivity contribution in [1.29, 1.82) is 0 Å². The average molecular weight is 469 g/mol. The number of ether oxygens (including phenoxy) is 1. The minimum absolute atomic E-state index is 0.0803. The van der Waals surface area contributed by atoms with Crippen LogP contribution in [0, 0.1) is 12.7 Å². The van der Waals surface area contributed by atoms with Gasteiger partial charge in [-0.3, -0.25) is 0 Å². The molecule has 0 spiro atoms. The molecule has 3 heterocycles. The molecule has 2 aromatic carbocycles. The molecule has 0 saturated heterocycles. The number of fused-ring (bicyclic) bond motifs is 2. The first-order chi connectivity index (χ1) is 14.5. The summed E-state index contributed by atoms with van der Waals surface area (Å²) in [6.07, 6.45) is 1.79. The number of aromatic nitrogens is 3. The highest BCUT2D eigenvalue weighted by Crippen LogP contribution is 2.44. The number of aliphatic hydroxyl groups excluding tert-OH is 1. The SMILES string of the molecule is Cc1ccc(N2c3cccc(-c4nc5c(F)cc(Br)cc5[nH]4)c3OC[C@@H]2CO)nc1. The summed E-state index contributed by atoms with van der Waals surface area (Å²) in [4.78, 5) is 14.2. The minimum Gasteiger partial charge on any atom is -0.488 e. The molecular formula is C22H18BrFN4O2. The number of pyridine rings is 1. The number of hydrogen-bond acceptors (Lipinski definition) is 5. The van der Waals surface area contributed by atoms with Crippen LogP contribution in [0.5, 0.6) is 5.75 Å². The van der Waals surface area contributed by atoms with E-state index in [1.807, 2.05) is 42.2 Å². The summed E-state index contributed by atoms with van der Waals surface area (Å²) >= 11 is 3.31. The van der Waals surface area contributed by atoms with Crippen molar-refractivity contribution in [2.75, 3.05) is 18.1 Å². The van der Waals surface area contributed by atoms with Gasteiger partial charge in [-0.1, -0.05) is 28.1 Å². The van der Waals surface area contributed by atoms with Gasteiger partial charge in [0.1, 0.15) is 23.8 Å². The highest BCUT2D eigenvalue weighted by molar-refractivity contribution is 9.10. The van der Waals surface area contributed by atoms with Crippen LogP contribution in [0.25, 0.3) is 22.4 Å². The lowest BCUT2D eigenvalue weighted by Gasteiger charge is -2.37. The van der Waals surface area contributed by atoms with Gasteiger partial charge in [-0.15, -0.1) is 0 Å². The number of H-pyrrole nitrogens is 1. The van der Waals surface area contributed by atoms with Gasteiger partial charge in [0.05, 0.1) is 29.4 Å². The molecule has 8 heteroatoms. The lowest BCUT2D eigenvalue weighted by molar-refractivity contribution is 0.195. The number of halogens is 2. The van der Waals surface area contributed by atoms with Gasteiger partial charge in [-0.2, -0.15) is 0 Å². The molecule has 5 rings (SSSR count). The van der Waals surface area contributed by atoms with Crippen LogP contribution in [0.3, 0.4) is 0 Å². The van der Waals surface area contributed by atoms with Crippen molar-refractivity contribution in [3.63, 3.8) is 0 Å². The fourth-order valence-electron chi connectivity index (χ4n) is 3.72. The van der Waals surface area contributed by atoms with E-state index in [2.05, 4.69) is 30.9 Å². The second-order valence-electron chi connectivity index (χ2n) is 7.23. The van der Waals surface area contributed by atoms with Crippen LogP contribution in [0.4, 0.5) is 15.9 Å². The van der Waals surface area contributed by atoms with Gasteiger partial charge >= 0.3 is 0 Å². The van der Waals surface area contributed by atoms with E-state index in [-0.39, 0.29) is 24.8 Å². The van der Waals surface area contributed by atoms with E-state index in [4.69, 9.17) is 4.74 Å². The van der Waals surface area contributed by atoms with Crippen molar-refractivity contribution >= 4 is 38.5 Å². The summed E-state index contributed by atoms with van der Waals surface area (Å²) < 4.78 is 21.0. The van der Waals surface area contributed by atoms with Crippen LogP contribution in [-0.2, 0) is 0 Å². The number of para-hydroxylation sites is 1. The van der Waals surface area contributed by atoms with Crippen LogP contribution < -0.4 is 9.64 Å². The summed E-state index contributed by atoms with van der Waals surface area (Å²) in [5.41, 5.74) is 3.41. The molecule has 1 atom stereocenters. The number of rotatable bonds is 3. The van der Waals surface area contributed by atoms with E-state index >= 15 is 0 Å². The predicted molar refractivity (Wildman–Crippen MR) is 117 cm³/mol. The van der Waals surface area contributed by atoms with Gasteiger partial charge in [0.15, 0.2) is 11.6 Å². The zero-order valence-corrected chi connectivity index (χ0v) is 17.6. The number of hydrogen-bond donors (Lipinski definition) is 2. The normalized spacial score (nSPS) is 15.9. The fourth-order valence-corrected chi connectivity index (χ4v) is 4.15.